The van der Waals surface area contributed by atoms with Crippen molar-refractivity contribution in [2.45, 2.75) is 51.6 Å². The third-order valence-electron chi connectivity index (χ3n) is 6.60. The molecule has 3 aliphatic rings. The topological polar surface area (TPSA) is 96.8 Å². The van der Waals surface area contributed by atoms with Crippen LogP contribution in [-0.4, -0.2) is 66.1 Å². The molecule has 1 aromatic rings. The first-order chi connectivity index (χ1) is 15.1. The van der Waals surface area contributed by atoms with Crippen LogP contribution in [0.25, 0.3) is 0 Å². The Morgan fingerprint density at radius 1 is 1.31 bits per heavy atom. The van der Waals surface area contributed by atoms with Crippen molar-refractivity contribution in [2.75, 3.05) is 32.0 Å². The highest BCUT2D eigenvalue weighted by Gasteiger charge is 2.58. The predicted octanol–water partition coefficient (Wildman–Crippen LogP) is 3.53. The molecule has 2 saturated carbocycles. The number of alkyl halides is 3. The van der Waals surface area contributed by atoms with E-state index >= 15 is 0 Å². The Balaban J connectivity index is 1.43. The molecule has 176 valence electrons. The van der Waals surface area contributed by atoms with Crippen molar-refractivity contribution in [3.8, 4) is 5.75 Å². The van der Waals surface area contributed by atoms with Crippen molar-refractivity contribution in [1.29, 1.82) is 5.41 Å². The van der Waals surface area contributed by atoms with Gasteiger partial charge in [-0.1, -0.05) is 0 Å². The number of hydrogen-bond acceptors (Lipinski definition) is 7. The smallest absolute Gasteiger partial charge is 0.402 e. The molecule has 10 heteroatoms. The predicted molar refractivity (Wildman–Crippen MR) is 115 cm³/mol. The minimum Gasteiger partial charge on any atom is -0.402 e. The maximum Gasteiger partial charge on any atom is 0.573 e. The molecular weight excluding hydrogens is 423 g/mol. The zero-order chi connectivity index (χ0) is 23.0. The lowest BCUT2D eigenvalue weighted by Crippen LogP contribution is -2.43. The van der Waals surface area contributed by atoms with Crippen molar-refractivity contribution in [3.63, 3.8) is 0 Å². The number of nitrogen functional groups attached to an aromatic ring is 1. The maximum absolute atomic E-state index is 12.6. The van der Waals surface area contributed by atoms with E-state index < -0.39 is 12.1 Å². The van der Waals surface area contributed by atoms with Crippen molar-refractivity contribution in [1.82, 2.24) is 9.88 Å². The molecule has 3 N–H and O–H groups in total. The number of aliphatic imine (C=N–C) groups is 1. The molecule has 4 atom stereocenters. The molecule has 0 bridgehead atoms. The molecular formula is C22H30F3N5O2. The largest absolute Gasteiger partial charge is 0.573 e. The molecule has 2 heterocycles. The first kappa shape index (κ1) is 23.0. The number of pyridine rings is 1. The number of hydrogen-bond donors (Lipinski definition) is 2. The van der Waals surface area contributed by atoms with Crippen LogP contribution in [0.1, 0.15) is 38.7 Å². The number of nitrogens with zero attached hydrogens (tertiary/aromatic N) is 3. The van der Waals surface area contributed by atoms with Gasteiger partial charge in [0.1, 0.15) is 0 Å². The van der Waals surface area contributed by atoms with E-state index in [0.717, 1.165) is 50.9 Å². The summed E-state index contributed by atoms with van der Waals surface area (Å²) in [6.45, 7) is 7.55. The molecule has 0 radical (unpaired) electrons. The molecule has 1 saturated heterocycles. The Bertz CT molecular complexity index is 871. The Labute approximate surface area is 185 Å². The molecule has 3 fully saturated rings. The maximum atomic E-state index is 12.6. The van der Waals surface area contributed by atoms with Gasteiger partial charge < -0.3 is 20.6 Å². The van der Waals surface area contributed by atoms with Crippen LogP contribution in [-0.2, 0) is 4.74 Å². The van der Waals surface area contributed by atoms with Crippen LogP contribution in [0.5, 0.6) is 5.75 Å². The molecule has 4 rings (SSSR count). The second kappa shape index (κ2) is 8.97. The molecule has 0 amide bonds. The summed E-state index contributed by atoms with van der Waals surface area (Å²) in [4.78, 5) is 11.1. The lowest BCUT2D eigenvalue weighted by atomic mass is 9.97. The summed E-state index contributed by atoms with van der Waals surface area (Å²) in [6, 6.07) is 1.81. The number of fused-ring (bicyclic) bond motifs is 1. The third kappa shape index (κ3) is 5.23. The van der Waals surface area contributed by atoms with E-state index in [1.165, 1.54) is 6.20 Å². The first-order valence-electron chi connectivity index (χ1n) is 11.1. The van der Waals surface area contributed by atoms with Crippen LogP contribution in [0, 0.1) is 23.2 Å². The average Bonchev–Trinajstić information content (AvgIpc) is 3.21. The summed E-state index contributed by atoms with van der Waals surface area (Å²) in [7, 11) is 0. The number of rotatable bonds is 7. The summed E-state index contributed by atoms with van der Waals surface area (Å²) < 4.78 is 47.3. The minimum absolute atomic E-state index is 0.0860. The Hall–Kier alpha value is -2.20. The number of aromatic nitrogens is 1. The number of ether oxygens (including phenoxy) is 2. The molecule has 2 aliphatic carbocycles. The number of nitrogens with one attached hydrogen (secondary N) is 1. The van der Waals surface area contributed by atoms with Crippen LogP contribution >= 0.6 is 0 Å². The normalized spacial score (nSPS) is 28.6. The highest BCUT2D eigenvalue weighted by molar-refractivity contribution is 6.12. The fourth-order valence-electron chi connectivity index (χ4n) is 5.24. The van der Waals surface area contributed by atoms with Gasteiger partial charge in [-0.05, 0) is 44.6 Å². The summed E-state index contributed by atoms with van der Waals surface area (Å²) in [5.74, 6) is 0.547. The molecule has 1 aromatic heterocycles. The third-order valence-corrected chi connectivity index (χ3v) is 6.60. The van der Waals surface area contributed by atoms with Crippen LogP contribution in [0.4, 0.5) is 19.0 Å². The van der Waals surface area contributed by atoms with Crippen molar-refractivity contribution in [3.05, 3.63) is 17.8 Å². The molecule has 7 nitrogen and oxygen atoms in total. The zero-order valence-electron chi connectivity index (χ0n) is 18.4. The second-order valence-electron chi connectivity index (χ2n) is 9.15. The van der Waals surface area contributed by atoms with Gasteiger partial charge in [-0.3, -0.25) is 9.89 Å². The summed E-state index contributed by atoms with van der Waals surface area (Å²) in [5.41, 5.74) is 6.91. The molecule has 2 unspecified atom stereocenters. The lowest BCUT2D eigenvalue weighted by Gasteiger charge is -2.33. The fraction of sp³-hybridized carbons (Fsp3) is 0.682. The van der Waals surface area contributed by atoms with Gasteiger partial charge in [0.05, 0.1) is 13.2 Å². The van der Waals surface area contributed by atoms with Crippen LogP contribution in [0.3, 0.4) is 0 Å². The standard InChI is InChI=1S/C22H30F3N5O2/c1-12(2)29-18(20-15-8-14(9-16(15)20)30-3-5-31-6-4-30)10-17(26)13-7-19(21(27)28-11-13)32-22(23,24)25/h7,11-12,14-16,20,26H,3-6,8-10H2,1-2H3,(H2,27,28)/t14?,15-,16+,20?. The molecule has 0 aromatic carbocycles. The summed E-state index contributed by atoms with van der Waals surface area (Å²) in [5, 5.41) is 8.51. The molecule has 1 aliphatic heterocycles. The van der Waals surface area contributed by atoms with Crippen LogP contribution < -0.4 is 10.5 Å². The minimum atomic E-state index is -4.87. The van der Waals surface area contributed by atoms with E-state index in [4.69, 9.17) is 20.9 Å². The highest BCUT2D eigenvalue weighted by Crippen LogP contribution is 2.59. The van der Waals surface area contributed by atoms with Crippen LogP contribution in [0.2, 0.25) is 0 Å². The molecule has 0 spiro atoms. The quantitative estimate of drug-likeness (QED) is 0.616. The van der Waals surface area contributed by atoms with Gasteiger partial charge in [-0.2, -0.15) is 0 Å². The first-order valence-corrected chi connectivity index (χ1v) is 11.1. The van der Waals surface area contributed by atoms with Gasteiger partial charge in [-0.15, -0.1) is 13.2 Å². The van der Waals surface area contributed by atoms with Gasteiger partial charge in [0.15, 0.2) is 11.6 Å². The monoisotopic (exact) mass is 453 g/mol. The van der Waals surface area contributed by atoms with E-state index in [-0.39, 0.29) is 29.6 Å². The van der Waals surface area contributed by atoms with Gasteiger partial charge in [0.2, 0.25) is 0 Å². The summed E-state index contributed by atoms with van der Waals surface area (Å²) >= 11 is 0. The van der Waals surface area contributed by atoms with Gasteiger partial charge in [0.25, 0.3) is 0 Å². The van der Waals surface area contributed by atoms with Crippen molar-refractivity contribution < 1.29 is 22.6 Å². The SMILES string of the molecule is CC(C)N=C(CC(=N)c1cnc(N)c(OC(F)(F)F)c1)C1[C@H]2CC(N3CCOCC3)C[C@@H]12. The number of nitrogens with two attached hydrogens (primary N) is 1. The Morgan fingerprint density at radius 2 is 1.97 bits per heavy atom. The van der Waals surface area contributed by atoms with Gasteiger partial charge >= 0.3 is 6.36 Å². The number of morpholine rings is 1. The van der Waals surface area contributed by atoms with E-state index in [0.29, 0.717) is 23.8 Å². The fourth-order valence-corrected chi connectivity index (χ4v) is 5.24. The van der Waals surface area contributed by atoms with Gasteiger partial charge in [0, 0.05) is 60.7 Å². The Morgan fingerprint density at radius 3 is 2.56 bits per heavy atom. The van der Waals surface area contributed by atoms with Crippen molar-refractivity contribution in [2.24, 2.45) is 22.7 Å². The second-order valence-corrected chi connectivity index (χ2v) is 9.15. The highest BCUT2D eigenvalue weighted by atomic mass is 19.4. The van der Waals surface area contributed by atoms with E-state index in [9.17, 15) is 13.2 Å². The van der Waals surface area contributed by atoms with Gasteiger partial charge in [-0.25, -0.2) is 4.98 Å². The average molecular weight is 454 g/mol. The lowest BCUT2D eigenvalue weighted by molar-refractivity contribution is -0.274. The van der Waals surface area contributed by atoms with Crippen molar-refractivity contribution >= 4 is 17.2 Å². The number of halogens is 3. The zero-order valence-corrected chi connectivity index (χ0v) is 18.4. The summed E-state index contributed by atoms with van der Waals surface area (Å²) in [6.07, 6.45) is -1.01. The Kier molecular flexibility index (Phi) is 6.44. The van der Waals surface area contributed by atoms with Crippen LogP contribution in [0.15, 0.2) is 17.3 Å². The van der Waals surface area contributed by atoms with E-state index in [2.05, 4.69) is 14.6 Å². The molecule has 32 heavy (non-hydrogen) atoms. The number of anilines is 1. The van der Waals surface area contributed by atoms with E-state index in [1.54, 1.807) is 0 Å². The van der Waals surface area contributed by atoms with E-state index in [1.807, 2.05) is 13.8 Å².